The van der Waals surface area contributed by atoms with E-state index in [9.17, 15) is 5.11 Å². The number of alkyl halides is 1. The number of rotatable bonds is 6. The number of phenolic OH excluding ortho intramolecular Hbond substituents is 1. The maximum absolute atomic E-state index is 15.4. The average Bonchev–Trinajstić information content (AvgIpc) is 3.73. The van der Waals surface area contributed by atoms with Crippen LogP contribution in [0.5, 0.6) is 11.6 Å². The summed E-state index contributed by atoms with van der Waals surface area (Å²) in [7, 11) is 1.53. The third kappa shape index (κ3) is 4.27. The molecule has 3 aliphatic rings. The number of fused-ring (bicyclic) bond motifs is 2. The number of aromatic nitrogens is 5. The minimum absolute atomic E-state index is 0.0520. The Morgan fingerprint density at radius 3 is 2.69 bits per heavy atom. The molecule has 3 aromatic rings. The Balaban J connectivity index is 1.25. The van der Waals surface area contributed by atoms with E-state index in [0.717, 1.165) is 49.7 Å². The third-order valence-electron chi connectivity index (χ3n) is 7.32. The zero-order chi connectivity index (χ0) is 23.9. The Bertz CT molecular complexity index is 1210. The lowest BCUT2D eigenvalue weighted by Gasteiger charge is -2.46. The fourth-order valence-electron chi connectivity index (χ4n) is 5.43. The summed E-state index contributed by atoms with van der Waals surface area (Å²) < 4.78 is 20.6. The molecule has 0 radical (unpaired) electrons. The smallest absolute Gasteiger partial charge is 0.245 e. The highest BCUT2D eigenvalue weighted by Crippen LogP contribution is 2.39. The molecule has 2 bridgehead atoms. The Kier molecular flexibility index (Phi) is 5.68. The molecular formula is C25H28FN7O2. The predicted molar refractivity (Wildman–Crippen MR) is 128 cm³/mol. The van der Waals surface area contributed by atoms with Gasteiger partial charge in [0.2, 0.25) is 11.8 Å². The first-order valence-electron chi connectivity index (χ1n) is 12.2. The second-order valence-electron chi connectivity index (χ2n) is 9.65. The summed E-state index contributed by atoms with van der Waals surface area (Å²) in [5.41, 5.74) is 2.51. The van der Waals surface area contributed by atoms with Gasteiger partial charge >= 0.3 is 0 Å². The number of anilines is 1. The lowest BCUT2D eigenvalue weighted by Crippen LogP contribution is -2.62. The van der Waals surface area contributed by atoms with Crippen LogP contribution >= 0.6 is 0 Å². The normalized spacial score (nSPS) is 25.8. The summed E-state index contributed by atoms with van der Waals surface area (Å²) in [6, 6.07) is 7.31. The number of ether oxygens (including phenoxy) is 1. The number of nitrogens with one attached hydrogen (secondary N) is 1. The lowest BCUT2D eigenvalue weighted by atomic mass is 9.82. The van der Waals surface area contributed by atoms with Gasteiger partial charge in [-0.15, -0.1) is 15.3 Å². The fourth-order valence-corrected chi connectivity index (χ4v) is 5.43. The first-order chi connectivity index (χ1) is 17.1. The van der Waals surface area contributed by atoms with E-state index in [1.807, 2.05) is 6.07 Å². The van der Waals surface area contributed by atoms with Crippen molar-refractivity contribution < 1.29 is 14.2 Å². The number of halogens is 1. The van der Waals surface area contributed by atoms with Gasteiger partial charge in [-0.2, -0.15) is 5.10 Å². The fraction of sp³-hybridized carbons (Fsp3) is 0.480. The first kappa shape index (κ1) is 22.1. The molecule has 1 aliphatic carbocycles. The maximum Gasteiger partial charge on any atom is 0.245 e. The summed E-state index contributed by atoms with van der Waals surface area (Å²) in [5, 5.41) is 30.7. The molecule has 1 aromatic carbocycles. The van der Waals surface area contributed by atoms with E-state index in [4.69, 9.17) is 4.74 Å². The molecule has 1 saturated carbocycles. The van der Waals surface area contributed by atoms with Crippen molar-refractivity contribution in [3.63, 3.8) is 0 Å². The molecule has 35 heavy (non-hydrogen) atoms. The largest absolute Gasteiger partial charge is 0.507 e. The van der Waals surface area contributed by atoms with Gasteiger partial charge < -0.3 is 20.1 Å². The Morgan fingerprint density at radius 1 is 1.06 bits per heavy atom. The van der Waals surface area contributed by atoms with Crippen LogP contribution in [0, 0.1) is 0 Å². The van der Waals surface area contributed by atoms with E-state index in [2.05, 4.69) is 35.6 Å². The van der Waals surface area contributed by atoms with Gasteiger partial charge in [0, 0.05) is 35.3 Å². The number of phenols is 1. The standard InChI is InChI=1S/C25H28FN7O2/c1-35-23-10-15(12-28-31-23)14-5-8-18(22(34)9-14)20-13-27-25(32-30-20)33(17-6-7-17)21-11-16-3-2-4-19(29-16)24(21)26/h5,8-10,12-13,16-17,19,21,24,29,34H,2-4,6-7,11H2,1H3/t16-,19+,21-,24+/m1/s1. The Labute approximate surface area is 202 Å². The van der Waals surface area contributed by atoms with Crippen molar-refractivity contribution in [1.29, 1.82) is 0 Å². The molecule has 4 heterocycles. The average molecular weight is 478 g/mol. The van der Waals surface area contributed by atoms with Crippen LogP contribution in [0.15, 0.2) is 36.7 Å². The van der Waals surface area contributed by atoms with E-state index in [-0.39, 0.29) is 23.9 Å². The molecule has 182 valence electrons. The van der Waals surface area contributed by atoms with Crippen LogP contribution in [0.4, 0.5) is 10.3 Å². The SMILES string of the molecule is COc1cc(-c2ccc(-c3cnc(N(C4CC4)[C@@H]4C[C@H]5CCC[C@H](N5)[C@@H]4F)nn3)c(O)c2)cnn1. The third-order valence-corrected chi connectivity index (χ3v) is 7.32. The van der Waals surface area contributed by atoms with Gasteiger partial charge in [0.05, 0.1) is 25.5 Å². The Morgan fingerprint density at radius 2 is 1.94 bits per heavy atom. The summed E-state index contributed by atoms with van der Waals surface area (Å²) in [6.45, 7) is 0. The zero-order valence-corrected chi connectivity index (χ0v) is 19.5. The molecule has 3 fully saturated rings. The van der Waals surface area contributed by atoms with Crippen molar-refractivity contribution in [3.05, 3.63) is 36.7 Å². The van der Waals surface area contributed by atoms with Crippen LogP contribution in [0.25, 0.3) is 22.4 Å². The molecule has 10 heteroatoms. The second kappa shape index (κ2) is 8.99. The topological polar surface area (TPSA) is 109 Å². The van der Waals surface area contributed by atoms with Crippen molar-refractivity contribution >= 4 is 5.95 Å². The Hall–Kier alpha value is -3.40. The molecule has 2 saturated heterocycles. The van der Waals surface area contributed by atoms with Gasteiger partial charge in [-0.25, -0.2) is 9.37 Å². The molecule has 2 N–H and O–H groups in total. The van der Waals surface area contributed by atoms with E-state index < -0.39 is 6.17 Å². The highest BCUT2D eigenvalue weighted by atomic mass is 19.1. The van der Waals surface area contributed by atoms with Gasteiger partial charge in [0.1, 0.15) is 17.6 Å². The zero-order valence-electron chi connectivity index (χ0n) is 19.5. The maximum atomic E-state index is 15.4. The molecule has 2 aliphatic heterocycles. The van der Waals surface area contributed by atoms with E-state index in [0.29, 0.717) is 29.1 Å². The highest BCUT2D eigenvalue weighted by molar-refractivity contribution is 5.74. The van der Waals surface area contributed by atoms with E-state index in [1.54, 1.807) is 30.6 Å². The minimum Gasteiger partial charge on any atom is -0.507 e. The van der Waals surface area contributed by atoms with E-state index >= 15 is 4.39 Å². The molecular weight excluding hydrogens is 449 g/mol. The van der Waals surface area contributed by atoms with Crippen LogP contribution in [0.2, 0.25) is 0 Å². The summed E-state index contributed by atoms with van der Waals surface area (Å²) >= 11 is 0. The van der Waals surface area contributed by atoms with Crippen molar-refractivity contribution in [1.82, 2.24) is 30.7 Å². The molecule has 0 spiro atoms. The number of methoxy groups -OCH3 is 1. The second-order valence-corrected chi connectivity index (χ2v) is 9.65. The van der Waals surface area contributed by atoms with Gasteiger partial charge in [-0.3, -0.25) is 0 Å². The van der Waals surface area contributed by atoms with E-state index in [1.165, 1.54) is 7.11 Å². The number of benzene rings is 1. The first-order valence-corrected chi connectivity index (χ1v) is 12.2. The number of nitrogens with zero attached hydrogens (tertiary/aromatic N) is 6. The number of hydrogen-bond acceptors (Lipinski definition) is 9. The van der Waals surface area contributed by atoms with Crippen LogP contribution in [-0.4, -0.2) is 67.9 Å². The van der Waals surface area contributed by atoms with Crippen LogP contribution in [-0.2, 0) is 0 Å². The molecule has 0 amide bonds. The van der Waals surface area contributed by atoms with Gasteiger partial charge in [0.25, 0.3) is 0 Å². The number of aromatic hydroxyl groups is 1. The van der Waals surface area contributed by atoms with Gasteiger partial charge in [-0.05, 0) is 49.8 Å². The lowest BCUT2D eigenvalue weighted by molar-refractivity contribution is 0.103. The van der Waals surface area contributed by atoms with Crippen LogP contribution < -0.4 is 15.0 Å². The monoisotopic (exact) mass is 477 g/mol. The van der Waals surface area contributed by atoms with Crippen molar-refractivity contribution in [3.8, 4) is 34.0 Å². The van der Waals surface area contributed by atoms with Gasteiger partial charge in [0.15, 0.2) is 0 Å². The summed E-state index contributed by atoms with van der Waals surface area (Å²) in [5.74, 6) is 0.913. The molecule has 6 rings (SSSR count). The molecule has 2 aromatic heterocycles. The summed E-state index contributed by atoms with van der Waals surface area (Å²) in [6.07, 6.45) is 8.12. The quantitative estimate of drug-likeness (QED) is 0.553. The van der Waals surface area contributed by atoms with Crippen molar-refractivity contribution in [2.45, 2.75) is 68.9 Å². The van der Waals surface area contributed by atoms with Crippen LogP contribution in [0.3, 0.4) is 0 Å². The minimum atomic E-state index is -0.951. The van der Waals surface area contributed by atoms with Crippen LogP contribution in [0.1, 0.15) is 38.5 Å². The van der Waals surface area contributed by atoms with Crippen molar-refractivity contribution in [2.24, 2.45) is 0 Å². The molecule has 0 unspecified atom stereocenters. The predicted octanol–water partition coefficient (Wildman–Crippen LogP) is 3.30. The molecule has 4 atom stereocenters. The summed E-state index contributed by atoms with van der Waals surface area (Å²) in [4.78, 5) is 6.65. The van der Waals surface area contributed by atoms with Crippen molar-refractivity contribution in [2.75, 3.05) is 12.0 Å². The number of piperidine rings is 2. The highest BCUT2D eigenvalue weighted by Gasteiger charge is 2.47. The number of hydrogen-bond donors (Lipinski definition) is 2. The molecule has 9 nitrogen and oxygen atoms in total. The van der Waals surface area contributed by atoms with Gasteiger partial charge in [-0.1, -0.05) is 12.5 Å².